The summed E-state index contributed by atoms with van der Waals surface area (Å²) in [6.07, 6.45) is 2.70. The molecule has 3 nitrogen and oxygen atoms in total. The molecule has 1 aliphatic rings. The van der Waals surface area contributed by atoms with E-state index in [2.05, 4.69) is 5.32 Å². The molecule has 11 heavy (non-hydrogen) atoms. The van der Waals surface area contributed by atoms with Crippen LogP contribution in [0.4, 0.5) is 0 Å². The van der Waals surface area contributed by atoms with E-state index in [-0.39, 0.29) is 6.04 Å². The minimum atomic E-state index is -0.648. The van der Waals surface area contributed by atoms with Gasteiger partial charge in [-0.2, -0.15) is 0 Å². The van der Waals surface area contributed by atoms with E-state index in [0.717, 1.165) is 19.3 Å². The minimum Gasteiger partial charge on any atom is -0.481 e. The lowest BCUT2D eigenvalue weighted by atomic mass is 9.64. The molecule has 2 N–H and O–H groups in total. The third kappa shape index (κ3) is 1.13. The molecule has 0 aromatic heterocycles. The highest BCUT2D eigenvalue weighted by molar-refractivity contribution is 5.76. The van der Waals surface area contributed by atoms with Crippen LogP contribution in [0.2, 0.25) is 0 Å². The smallest absolute Gasteiger partial charge is 0.311 e. The maximum atomic E-state index is 10.9. The summed E-state index contributed by atoms with van der Waals surface area (Å²) in [4.78, 5) is 10.9. The molecule has 0 saturated heterocycles. The van der Waals surface area contributed by atoms with Crippen molar-refractivity contribution in [3.05, 3.63) is 0 Å². The van der Waals surface area contributed by atoms with Gasteiger partial charge in [-0.05, 0) is 26.8 Å². The highest BCUT2D eigenvalue weighted by atomic mass is 16.4. The molecule has 0 amide bonds. The van der Waals surface area contributed by atoms with E-state index in [1.165, 1.54) is 0 Å². The Labute approximate surface area is 66.8 Å². The summed E-state index contributed by atoms with van der Waals surface area (Å²) in [5.74, 6) is -0.648. The molecule has 0 radical (unpaired) electrons. The van der Waals surface area contributed by atoms with Crippen LogP contribution in [0.1, 0.15) is 26.2 Å². The van der Waals surface area contributed by atoms with Gasteiger partial charge in [0.25, 0.3) is 0 Å². The zero-order valence-corrected chi connectivity index (χ0v) is 7.05. The van der Waals surface area contributed by atoms with Crippen LogP contribution in [-0.4, -0.2) is 24.2 Å². The molecule has 0 heterocycles. The van der Waals surface area contributed by atoms with Crippen molar-refractivity contribution in [2.24, 2.45) is 5.41 Å². The van der Waals surface area contributed by atoms with Crippen molar-refractivity contribution in [1.82, 2.24) is 5.32 Å². The Balaban J connectivity index is 2.67. The summed E-state index contributed by atoms with van der Waals surface area (Å²) in [7, 11) is 1.81. The van der Waals surface area contributed by atoms with E-state index in [0.29, 0.717) is 0 Å². The Morgan fingerprint density at radius 3 is 2.27 bits per heavy atom. The number of aliphatic carboxylic acids is 1. The summed E-state index contributed by atoms with van der Waals surface area (Å²) in [6.45, 7) is 1.94. The third-order valence-corrected chi connectivity index (χ3v) is 2.93. The maximum Gasteiger partial charge on any atom is 0.311 e. The van der Waals surface area contributed by atoms with Crippen molar-refractivity contribution in [2.75, 3.05) is 7.05 Å². The van der Waals surface area contributed by atoms with Gasteiger partial charge in [-0.1, -0.05) is 6.42 Å². The second kappa shape index (κ2) is 2.81. The van der Waals surface area contributed by atoms with Gasteiger partial charge < -0.3 is 10.4 Å². The average Bonchev–Trinajstić information content (AvgIpc) is 1.84. The van der Waals surface area contributed by atoms with E-state index >= 15 is 0 Å². The Morgan fingerprint density at radius 2 is 2.18 bits per heavy atom. The predicted octanol–water partition coefficient (Wildman–Crippen LogP) is 0.849. The third-order valence-electron chi connectivity index (χ3n) is 2.93. The maximum absolute atomic E-state index is 10.9. The normalized spacial score (nSPS) is 23.8. The van der Waals surface area contributed by atoms with Crippen LogP contribution in [0.5, 0.6) is 0 Å². The van der Waals surface area contributed by atoms with Crippen LogP contribution in [-0.2, 0) is 4.79 Å². The standard InChI is InChI=1S/C8H15NO2/c1-6(9-2)8(7(10)11)4-3-5-8/h6,9H,3-5H2,1-2H3,(H,10,11). The van der Waals surface area contributed by atoms with Crippen molar-refractivity contribution in [1.29, 1.82) is 0 Å². The number of hydrogen-bond donors (Lipinski definition) is 2. The van der Waals surface area contributed by atoms with Gasteiger partial charge in [0.15, 0.2) is 0 Å². The summed E-state index contributed by atoms with van der Waals surface area (Å²) < 4.78 is 0. The van der Waals surface area contributed by atoms with Gasteiger partial charge in [0.05, 0.1) is 5.41 Å². The molecular formula is C8H15NO2. The van der Waals surface area contributed by atoms with Crippen molar-refractivity contribution < 1.29 is 9.90 Å². The van der Waals surface area contributed by atoms with Gasteiger partial charge in [0.2, 0.25) is 0 Å². The fourth-order valence-electron chi connectivity index (χ4n) is 1.67. The Morgan fingerprint density at radius 1 is 1.64 bits per heavy atom. The quantitative estimate of drug-likeness (QED) is 0.638. The van der Waals surface area contributed by atoms with Crippen LogP contribution < -0.4 is 5.32 Å². The first-order valence-electron chi connectivity index (χ1n) is 4.04. The molecule has 0 spiro atoms. The number of carboxylic acid groups (broad SMARTS) is 1. The Bertz CT molecular complexity index is 163. The molecule has 1 saturated carbocycles. The average molecular weight is 157 g/mol. The van der Waals surface area contributed by atoms with Gasteiger partial charge in [-0.25, -0.2) is 0 Å². The lowest BCUT2D eigenvalue weighted by Crippen LogP contribution is -2.51. The molecule has 0 bridgehead atoms. The van der Waals surface area contributed by atoms with E-state index in [1.807, 2.05) is 14.0 Å². The second-order valence-electron chi connectivity index (χ2n) is 3.33. The summed E-state index contributed by atoms with van der Waals surface area (Å²) >= 11 is 0. The van der Waals surface area contributed by atoms with Gasteiger partial charge in [0, 0.05) is 6.04 Å². The molecule has 1 aliphatic carbocycles. The molecule has 1 unspecified atom stereocenters. The van der Waals surface area contributed by atoms with Crippen LogP contribution in [0, 0.1) is 5.41 Å². The summed E-state index contributed by atoms with van der Waals surface area (Å²) in [5, 5.41) is 12.0. The van der Waals surface area contributed by atoms with Gasteiger partial charge in [-0.3, -0.25) is 4.79 Å². The van der Waals surface area contributed by atoms with Crippen LogP contribution in [0.3, 0.4) is 0 Å². The molecular weight excluding hydrogens is 142 g/mol. The zero-order chi connectivity index (χ0) is 8.48. The first kappa shape index (κ1) is 8.53. The van der Waals surface area contributed by atoms with E-state index in [4.69, 9.17) is 5.11 Å². The van der Waals surface area contributed by atoms with Crippen molar-refractivity contribution >= 4 is 5.97 Å². The first-order valence-corrected chi connectivity index (χ1v) is 4.04. The Kier molecular flexibility index (Phi) is 2.18. The van der Waals surface area contributed by atoms with Crippen molar-refractivity contribution in [3.63, 3.8) is 0 Å². The molecule has 1 fully saturated rings. The predicted molar refractivity (Wildman–Crippen MR) is 42.4 cm³/mol. The summed E-state index contributed by atoms with van der Waals surface area (Å²) in [5.41, 5.74) is -0.464. The van der Waals surface area contributed by atoms with Crippen LogP contribution in [0.15, 0.2) is 0 Å². The van der Waals surface area contributed by atoms with E-state index in [9.17, 15) is 4.79 Å². The lowest BCUT2D eigenvalue weighted by Gasteiger charge is -2.42. The number of nitrogens with one attached hydrogen (secondary N) is 1. The zero-order valence-electron chi connectivity index (χ0n) is 7.05. The van der Waals surface area contributed by atoms with Crippen LogP contribution in [0.25, 0.3) is 0 Å². The summed E-state index contributed by atoms with van der Waals surface area (Å²) in [6, 6.07) is 0.0914. The lowest BCUT2D eigenvalue weighted by molar-refractivity contribution is -0.156. The topological polar surface area (TPSA) is 49.3 Å². The second-order valence-corrected chi connectivity index (χ2v) is 3.33. The molecule has 0 aromatic rings. The van der Waals surface area contributed by atoms with Crippen LogP contribution >= 0.6 is 0 Å². The van der Waals surface area contributed by atoms with Gasteiger partial charge in [0.1, 0.15) is 0 Å². The fraction of sp³-hybridized carbons (Fsp3) is 0.875. The van der Waals surface area contributed by atoms with Gasteiger partial charge >= 0.3 is 5.97 Å². The Hall–Kier alpha value is -0.570. The van der Waals surface area contributed by atoms with E-state index in [1.54, 1.807) is 0 Å². The van der Waals surface area contributed by atoms with Crippen molar-refractivity contribution in [2.45, 2.75) is 32.2 Å². The van der Waals surface area contributed by atoms with Gasteiger partial charge in [-0.15, -0.1) is 0 Å². The largest absolute Gasteiger partial charge is 0.481 e. The number of hydrogen-bond acceptors (Lipinski definition) is 2. The van der Waals surface area contributed by atoms with E-state index < -0.39 is 11.4 Å². The number of carbonyl (C=O) groups is 1. The molecule has 64 valence electrons. The highest BCUT2D eigenvalue weighted by Gasteiger charge is 2.48. The molecule has 3 heteroatoms. The SMILES string of the molecule is CNC(C)C1(C(=O)O)CCC1. The fourth-order valence-corrected chi connectivity index (χ4v) is 1.67. The first-order chi connectivity index (χ1) is 5.13. The minimum absolute atomic E-state index is 0.0914. The number of carboxylic acids is 1. The van der Waals surface area contributed by atoms with Crippen molar-refractivity contribution in [3.8, 4) is 0 Å². The number of rotatable bonds is 3. The monoisotopic (exact) mass is 157 g/mol. The molecule has 0 aliphatic heterocycles. The molecule has 1 rings (SSSR count). The molecule has 1 atom stereocenters. The highest BCUT2D eigenvalue weighted by Crippen LogP contribution is 2.43. The molecule has 0 aromatic carbocycles.